The molecule has 178 valence electrons. The van der Waals surface area contributed by atoms with Crippen LogP contribution in [0.15, 0.2) is 30.3 Å². The van der Waals surface area contributed by atoms with E-state index in [-0.39, 0.29) is 36.6 Å². The maximum absolute atomic E-state index is 12.8. The van der Waals surface area contributed by atoms with Gasteiger partial charge in [0, 0.05) is 0 Å². The molecule has 0 saturated carbocycles. The Balaban J connectivity index is 1.94. The summed E-state index contributed by atoms with van der Waals surface area (Å²) in [6, 6.07) is 8.71. The molecule has 6 nitrogen and oxygen atoms in total. The highest BCUT2D eigenvalue weighted by Crippen LogP contribution is 2.45. The Morgan fingerprint density at radius 2 is 1.53 bits per heavy atom. The van der Waals surface area contributed by atoms with Gasteiger partial charge in [0.05, 0.1) is 18.2 Å². The molecular formula is C25H40N2O4Si. The van der Waals surface area contributed by atoms with Gasteiger partial charge in [0.1, 0.15) is 12.6 Å². The molecule has 2 amide bonds. The summed E-state index contributed by atoms with van der Waals surface area (Å²) in [4.78, 5) is 27.3. The number of carbonyl (C=O) groups excluding carboxylic acids is 2. The molecule has 1 aromatic rings. The van der Waals surface area contributed by atoms with Crippen molar-refractivity contribution in [2.24, 2.45) is 5.92 Å². The standard InChI is InChI=1S/C25H40N2O4Si/c1-15(2)23(31-32(16(3)4,17(5)6)18(7)8)21-22(24(28)26-21)27-20(14-30-25(27)29)19-12-10-9-11-13-19/h9-13,15-18,20-23H,14H2,1-8H3,(H,26,28)/t20-,21+,22-,23+/m1/s1. The van der Waals surface area contributed by atoms with Crippen LogP contribution in [0.1, 0.15) is 67.0 Å². The van der Waals surface area contributed by atoms with Crippen LogP contribution in [0.5, 0.6) is 0 Å². The second kappa shape index (κ2) is 9.55. The van der Waals surface area contributed by atoms with Gasteiger partial charge in [-0.3, -0.25) is 9.69 Å². The molecule has 0 unspecified atom stereocenters. The highest BCUT2D eigenvalue weighted by atomic mass is 28.4. The van der Waals surface area contributed by atoms with Crippen LogP contribution in [0.2, 0.25) is 16.6 Å². The number of nitrogens with one attached hydrogen (secondary N) is 1. The van der Waals surface area contributed by atoms with Crippen LogP contribution < -0.4 is 5.32 Å². The molecule has 7 heteroatoms. The number of β-lactam (4-membered cyclic amide) rings is 1. The molecule has 0 aliphatic carbocycles. The normalized spacial score (nSPS) is 24.9. The Bertz CT molecular complexity index is 790. The number of nitrogens with zero attached hydrogens (tertiary/aromatic N) is 1. The molecule has 1 N–H and O–H groups in total. The first-order chi connectivity index (χ1) is 15.0. The lowest BCUT2D eigenvalue weighted by molar-refractivity contribution is -0.141. The number of benzene rings is 1. The van der Waals surface area contributed by atoms with E-state index in [1.54, 1.807) is 4.90 Å². The summed E-state index contributed by atoms with van der Waals surface area (Å²) >= 11 is 0. The molecule has 2 fully saturated rings. The summed E-state index contributed by atoms with van der Waals surface area (Å²) in [7, 11) is -2.17. The molecule has 2 heterocycles. The first-order valence-electron chi connectivity index (χ1n) is 12.0. The lowest BCUT2D eigenvalue weighted by Crippen LogP contribution is -2.75. The molecule has 0 bridgehead atoms. The van der Waals surface area contributed by atoms with Gasteiger partial charge in [-0.15, -0.1) is 0 Å². The second-order valence-corrected chi connectivity index (χ2v) is 15.9. The Hall–Kier alpha value is -1.86. The molecule has 2 aliphatic rings. The zero-order chi connectivity index (χ0) is 23.8. The van der Waals surface area contributed by atoms with E-state index < -0.39 is 20.5 Å². The van der Waals surface area contributed by atoms with Gasteiger partial charge in [0.15, 0.2) is 0 Å². The van der Waals surface area contributed by atoms with Crippen molar-refractivity contribution in [2.45, 2.75) is 96.2 Å². The number of carbonyl (C=O) groups is 2. The molecule has 2 aliphatic heterocycles. The van der Waals surface area contributed by atoms with E-state index >= 15 is 0 Å². The Kier molecular flexibility index (Phi) is 7.40. The van der Waals surface area contributed by atoms with Gasteiger partial charge >= 0.3 is 6.09 Å². The molecule has 4 atom stereocenters. The third kappa shape index (κ3) is 4.21. The monoisotopic (exact) mass is 460 g/mol. The number of ether oxygens (including phenoxy) is 1. The minimum atomic E-state index is -2.17. The van der Waals surface area contributed by atoms with Crippen molar-refractivity contribution in [3.05, 3.63) is 35.9 Å². The van der Waals surface area contributed by atoms with E-state index in [1.165, 1.54) is 0 Å². The predicted octanol–water partition coefficient (Wildman–Crippen LogP) is 5.26. The van der Waals surface area contributed by atoms with Gasteiger partial charge in [-0.05, 0) is 28.1 Å². The lowest BCUT2D eigenvalue weighted by atomic mass is 9.86. The first-order valence-corrected chi connectivity index (χ1v) is 14.1. The van der Waals surface area contributed by atoms with Crippen molar-refractivity contribution in [3.63, 3.8) is 0 Å². The molecule has 1 aromatic carbocycles. The van der Waals surface area contributed by atoms with Crippen molar-refractivity contribution >= 4 is 20.3 Å². The maximum Gasteiger partial charge on any atom is 0.411 e. The fourth-order valence-electron chi connectivity index (χ4n) is 5.90. The van der Waals surface area contributed by atoms with Gasteiger partial charge in [0.2, 0.25) is 14.2 Å². The van der Waals surface area contributed by atoms with Crippen molar-refractivity contribution in [1.29, 1.82) is 0 Å². The summed E-state index contributed by atoms with van der Waals surface area (Å²) in [6.07, 6.45) is -0.590. The smallest absolute Gasteiger partial charge is 0.411 e. The molecule has 3 rings (SSSR count). The first kappa shape index (κ1) is 24.8. The van der Waals surface area contributed by atoms with Crippen LogP contribution in [0.4, 0.5) is 4.79 Å². The quantitative estimate of drug-likeness (QED) is 0.403. The summed E-state index contributed by atoms with van der Waals surface area (Å²) in [5.74, 6) is 0.0648. The average molecular weight is 461 g/mol. The van der Waals surface area contributed by atoms with Crippen LogP contribution >= 0.6 is 0 Å². The Morgan fingerprint density at radius 3 is 2.00 bits per heavy atom. The fraction of sp³-hybridized carbons (Fsp3) is 0.680. The fourth-order valence-corrected chi connectivity index (χ4v) is 11.6. The second-order valence-electron chi connectivity index (χ2n) is 10.5. The molecule has 2 saturated heterocycles. The van der Waals surface area contributed by atoms with E-state index in [1.807, 2.05) is 30.3 Å². The van der Waals surface area contributed by atoms with Crippen LogP contribution in [0.3, 0.4) is 0 Å². The summed E-state index contributed by atoms with van der Waals surface area (Å²) in [6.45, 7) is 18.1. The zero-order valence-corrected chi connectivity index (χ0v) is 21.8. The minimum absolute atomic E-state index is 0.130. The topological polar surface area (TPSA) is 67.9 Å². The van der Waals surface area contributed by atoms with E-state index in [0.29, 0.717) is 16.6 Å². The largest absolute Gasteiger partial charge is 0.447 e. The van der Waals surface area contributed by atoms with Crippen molar-refractivity contribution in [3.8, 4) is 0 Å². The lowest BCUT2D eigenvalue weighted by Gasteiger charge is -2.52. The summed E-state index contributed by atoms with van der Waals surface area (Å²) < 4.78 is 12.6. The predicted molar refractivity (Wildman–Crippen MR) is 129 cm³/mol. The van der Waals surface area contributed by atoms with Gasteiger partial charge < -0.3 is 14.5 Å². The van der Waals surface area contributed by atoms with E-state index in [9.17, 15) is 9.59 Å². The van der Waals surface area contributed by atoms with E-state index in [2.05, 4.69) is 60.7 Å². The highest BCUT2D eigenvalue weighted by Gasteiger charge is 2.57. The number of hydrogen-bond acceptors (Lipinski definition) is 4. The SMILES string of the molecule is CC(C)[C@H](O[Si](C(C)C)(C(C)C)C(C)C)[C@H]1NC(=O)[C@@H]1N1C(=O)OC[C@@H]1c1ccccc1. The van der Waals surface area contributed by atoms with Crippen molar-refractivity contribution in [2.75, 3.05) is 6.61 Å². The van der Waals surface area contributed by atoms with Crippen LogP contribution in [0.25, 0.3) is 0 Å². The third-order valence-electron chi connectivity index (χ3n) is 7.37. The van der Waals surface area contributed by atoms with Gasteiger partial charge in [-0.2, -0.15) is 0 Å². The van der Waals surface area contributed by atoms with Crippen LogP contribution in [-0.4, -0.2) is 50.0 Å². The highest BCUT2D eigenvalue weighted by molar-refractivity contribution is 6.77. The summed E-state index contributed by atoms with van der Waals surface area (Å²) in [5.41, 5.74) is 2.29. The Morgan fingerprint density at radius 1 is 0.969 bits per heavy atom. The molecule has 0 aromatic heterocycles. The molecule has 0 radical (unpaired) electrons. The van der Waals surface area contributed by atoms with E-state index in [4.69, 9.17) is 9.16 Å². The maximum atomic E-state index is 12.8. The number of cyclic esters (lactones) is 1. The summed E-state index contributed by atoms with van der Waals surface area (Å²) in [5, 5.41) is 3.09. The Labute approximate surface area is 194 Å². The van der Waals surface area contributed by atoms with Crippen molar-refractivity contribution in [1.82, 2.24) is 10.2 Å². The van der Waals surface area contributed by atoms with E-state index in [0.717, 1.165) is 5.56 Å². The third-order valence-corrected chi connectivity index (χ3v) is 13.5. The van der Waals surface area contributed by atoms with Crippen LogP contribution in [-0.2, 0) is 14.0 Å². The molecular weight excluding hydrogens is 420 g/mol. The molecule has 32 heavy (non-hydrogen) atoms. The van der Waals surface area contributed by atoms with Crippen molar-refractivity contribution < 1.29 is 18.8 Å². The molecule has 0 spiro atoms. The minimum Gasteiger partial charge on any atom is -0.447 e. The average Bonchev–Trinajstić information content (AvgIpc) is 3.08. The van der Waals surface area contributed by atoms with Gasteiger partial charge in [0.25, 0.3) is 0 Å². The van der Waals surface area contributed by atoms with Gasteiger partial charge in [-0.1, -0.05) is 85.7 Å². The number of rotatable bonds is 9. The van der Waals surface area contributed by atoms with Gasteiger partial charge in [-0.25, -0.2) is 4.79 Å². The van der Waals surface area contributed by atoms with Crippen LogP contribution in [0, 0.1) is 5.92 Å². The zero-order valence-electron chi connectivity index (χ0n) is 20.8. The number of hydrogen-bond donors (Lipinski definition) is 1. The number of amides is 2.